The van der Waals surface area contributed by atoms with Crippen LogP contribution in [0.3, 0.4) is 0 Å². The molecule has 0 aliphatic carbocycles. The number of hydrogen-bond donors (Lipinski definition) is 0. The van der Waals surface area contributed by atoms with Gasteiger partial charge >= 0.3 is 0 Å². The van der Waals surface area contributed by atoms with E-state index in [-0.39, 0.29) is 5.69 Å². The van der Waals surface area contributed by atoms with E-state index in [0.29, 0.717) is 5.69 Å². The van der Waals surface area contributed by atoms with Crippen molar-refractivity contribution in [1.82, 2.24) is 0 Å². The molecule has 25 heavy (non-hydrogen) atoms. The van der Waals surface area contributed by atoms with Gasteiger partial charge in [-0.15, -0.1) is 0 Å². The normalized spacial score (nSPS) is 11.4. The Hall–Kier alpha value is -3.53. The molecule has 4 heteroatoms. The first-order valence-corrected chi connectivity index (χ1v) is 7.91. The largest absolute Gasteiger partial charge is 0.269 e. The molecular weight excluding hydrogens is 312 g/mol. The number of non-ortho nitro benzene ring substituents is 1. The van der Waals surface area contributed by atoms with E-state index in [1.165, 1.54) is 12.1 Å². The molecule has 0 saturated heterocycles. The average Bonchev–Trinajstić information content (AvgIpc) is 2.65. The Labute approximate surface area is 144 Å². The molecule has 0 spiro atoms. The fourth-order valence-electron chi connectivity index (χ4n) is 2.99. The Morgan fingerprint density at radius 3 is 1.92 bits per heavy atom. The van der Waals surface area contributed by atoms with Crippen LogP contribution >= 0.6 is 0 Å². The van der Waals surface area contributed by atoms with Gasteiger partial charge in [-0.1, -0.05) is 48.5 Å². The molecule has 4 aromatic carbocycles. The molecule has 0 amide bonds. The van der Waals surface area contributed by atoms with Gasteiger partial charge in [-0.3, -0.25) is 15.1 Å². The maximum atomic E-state index is 10.8. The first-order valence-electron chi connectivity index (χ1n) is 7.91. The summed E-state index contributed by atoms with van der Waals surface area (Å²) >= 11 is 0. The molecule has 0 aliphatic heterocycles. The predicted octanol–water partition coefficient (Wildman–Crippen LogP) is 5.65. The van der Waals surface area contributed by atoms with Crippen molar-refractivity contribution in [2.24, 2.45) is 4.99 Å². The van der Waals surface area contributed by atoms with Crippen molar-refractivity contribution < 1.29 is 4.92 Å². The van der Waals surface area contributed by atoms with Gasteiger partial charge in [0.15, 0.2) is 0 Å². The summed E-state index contributed by atoms with van der Waals surface area (Å²) in [7, 11) is 0. The molecule has 0 saturated carbocycles. The quantitative estimate of drug-likeness (QED) is 0.211. The molecule has 0 N–H and O–H groups in total. The molecule has 0 unspecified atom stereocenters. The topological polar surface area (TPSA) is 55.5 Å². The zero-order valence-electron chi connectivity index (χ0n) is 13.3. The molecule has 4 nitrogen and oxygen atoms in total. The zero-order chi connectivity index (χ0) is 17.2. The zero-order valence-corrected chi connectivity index (χ0v) is 13.3. The van der Waals surface area contributed by atoms with Crippen LogP contribution in [0.1, 0.15) is 5.56 Å². The number of hydrogen-bond acceptors (Lipinski definition) is 3. The number of nitro benzene ring substituents is 1. The monoisotopic (exact) mass is 326 g/mol. The Morgan fingerprint density at radius 1 is 0.800 bits per heavy atom. The number of nitrogens with zero attached hydrogens (tertiary/aromatic N) is 2. The Bertz CT molecular complexity index is 1060. The molecule has 0 aromatic heterocycles. The van der Waals surface area contributed by atoms with Crippen molar-refractivity contribution in [2.75, 3.05) is 0 Å². The third-order valence-electron chi connectivity index (χ3n) is 4.22. The minimum Gasteiger partial charge on any atom is -0.258 e. The van der Waals surface area contributed by atoms with Crippen molar-refractivity contribution in [3.63, 3.8) is 0 Å². The lowest BCUT2D eigenvalue weighted by Gasteiger charge is -2.07. The first kappa shape index (κ1) is 15.0. The van der Waals surface area contributed by atoms with Crippen LogP contribution in [-0.4, -0.2) is 11.1 Å². The van der Waals surface area contributed by atoms with Crippen molar-refractivity contribution in [2.45, 2.75) is 0 Å². The van der Waals surface area contributed by atoms with Crippen molar-refractivity contribution >= 4 is 39.1 Å². The van der Waals surface area contributed by atoms with Gasteiger partial charge in [-0.05, 0) is 39.7 Å². The summed E-state index contributed by atoms with van der Waals surface area (Å²) in [5.41, 5.74) is 1.80. The number of aliphatic imine (C=N–C) groups is 1. The van der Waals surface area contributed by atoms with Gasteiger partial charge in [0.1, 0.15) is 0 Å². The Morgan fingerprint density at radius 2 is 1.36 bits per heavy atom. The van der Waals surface area contributed by atoms with Gasteiger partial charge in [0.05, 0.1) is 10.6 Å². The summed E-state index contributed by atoms with van der Waals surface area (Å²) in [6, 6.07) is 24.8. The van der Waals surface area contributed by atoms with Gasteiger partial charge in [0, 0.05) is 23.9 Å². The second-order valence-corrected chi connectivity index (χ2v) is 5.76. The van der Waals surface area contributed by atoms with E-state index in [9.17, 15) is 10.1 Å². The second-order valence-electron chi connectivity index (χ2n) is 5.76. The third-order valence-corrected chi connectivity index (χ3v) is 4.22. The van der Waals surface area contributed by atoms with Crippen molar-refractivity contribution in [1.29, 1.82) is 0 Å². The van der Waals surface area contributed by atoms with Crippen LogP contribution in [-0.2, 0) is 0 Å². The summed E-state index contributed by atoms with van der Waals surface area (Å²) in [5.74, 6) is 0. The highest BCUT2D eigenvalue weighted by atomic mass is 16.6. The minimum absolute atomic E-state index is 0.0644. The molecule has 0 fully saturated rings. The Kier molecular flexibility index (Phi) is 3.71. The van der Waals surface area contributed by atoms with Crippen molar-refractivity contribution in [3.8, 4) is 0 Å². The molecule has 120 valence electrons. The van der Waals surface area contributed by atoms with E-state index in [2.05, 4.69) is 35.3 Å². The van der Waals surface area contributed by atoms with Crippen LogP contribution in [0.4, 0.5) is 11.4 Å². The van der Waals surface area contributed by atoms with Crippen LogP contribution in [0.2, 0.25) is 0 Å². The molecule has 0 bridgehead atoms. The second kappa shape index (κ2) is 6.17. The van der Waals surface area contributed by atoms with Crippen LogP contribution in [0.15, 0.2) is 83.9 Å². The van der Waals surface area contributed by atoms with Gasteiger partial charge in [-0.25, -0.2) is 0 Å². The molecule has 0 atom stereocenters. The van der Waals surface area contributed by atoms with Gasteiger partial charge in [0.2, 0.25) is 0 Å². The predicted molar refractivity (Wildman–Crippen MR) is 102 cm³/mol. The van der Waals surface area contributed by atoms with E-state index in [4.69, 9.17) is 0 Å². The van der Waals surface area contributed by atoms with E-state index in [0.717, 1.165) is 27.1 Å². The van der Waals surface area contributed by atoms with E-state index < -0.39 is 4.92 Å². The maximum absolute atomic E-state index is 10.8. The molecule has 0 radical (unpaired) electrons. The summed E-state index contributed by atoms with van der Waals surface area (Å²) < 4.78 is 0. The standard InChI is InChI=1S/C21H14N2O2/c24-23(25)18-11-9-17(10-12-18)22-14-21-19-7-3-1-5-15(19)13-16-6-2-4-8-20(16)21/h1-14H. The highest BCUT2D eigenvalue weighted by Gasteiger charge is 2.06. The lowest BCUT2D eigenvalue weighted by molar-refractivity contribution is -0.384. The molecule has 0 aliphatic rings. The molecule has 4 aromatic rings. The van der Waals surface area contributed by atoms with E-state index in [1.54, 1.807) is 12.1 Å². The highest BCUT2D eigenvalue weighted by Crippen LogP contribution is 2.28. The summed E-state index contributed by atoms with van der Waals surface area (Å²) in [6.07, 6.45) is 1.84. The fourth-order valence-corrected chi connectivity index (χ4v) is 2.99. The van der Waals surface area contributed by atoms with Gasteiger partial charge < -0.3 is 0 Å². The molecule has 0 heterocycles. The molecule has 4 rings (SSSR count). The molecular formula is C21H14N2O2. The first-order chi connectivity index (χ1) is 12.2. The van der Waals surface area contributed by atoms with Gasteiger partial charge in [-0.2, -0.15) is 0 Å². The minimum atomic E-state index is -0.411. The smallest absolute Gasteiger partial charge is 0.258 e. The maximum Gasteiger partial charge on any atom is 0.269 e. The number of nitro groups is 1. The number of fused-ring (bicyclic) bond motifs is 2. The summed E-state index contributed by atoms with van der Waals surface area (Å²) in [5, 5.41) is 15.3. The summed E-state index contributed by atoms with van der Waals surface area (Å²) in [4.78, 5) is 14.9. The van der Waals surface area contributed by atoms with Crippen LogP contribution < -0.4 is 0 Å². The van der Waals surface area contributed by atoms with Crippen LogP contribution in [0.5, 0.6) is 0 Å². The van der Waals surface area contributed by atoms with Crippen LogP contribution in [0.25, 0.3) is 21.5 Å². The van der Waals surface area contributed by atoms with E-state index >= 15 is 0 Å². The highest BCUT2D eigenvalue weighted by molar-refractivity contribution is 6.13. The lowest BCUT2D eigenvalue weighted by atomic mass is 9.97. The average molecular weight is 326 g/mol. The third kappa shape index (κ3) is 2.85. The Balaban J connectivity index is 1.85. The lowest BCUT2D eigenvalue weighted by Crippen LogP contribution is -1.88. The fraction of sp³-hybridized carbons (Fsp3) is 0. The van der Waals surface area contributed by atoms with Crippen molar-refractivity contribution in [3.05, 3.63) is 94.5 Å². The van der Waals surface area contributed by atoms with Crippen LogP contribution in [0, 0.1) is 10.1 Å². The van der Waals surface area contributed by atoms with E-state index in [1.807, 2.05) is 30.5 Å². The SMILES string of the molecule is O=[N+]([O-])c1ccc(N=Cc2c3ccccc3cc3ccccc23)cc1. The summed E-state index contributed by atoms with van der Waals surface area (Å²) in [6.45, 7) is 0. The van der Waals surface area contributed by atoms with Gasteiger partial charge in [0.25, 0.3) is 5.69 Å². The number of benzene rings is 4. The number of rotatable bonds is 3.